The number of methoxy groups -OCH3 is 1. The fourth-order valence-corrected chi connectivity index (χ4v) is 3.15. The zero-order valence-electron chi connectivity index (χ0n) is 14.2. The van der Waals surface area contributed by atoms with Crippen LogP contribution in [0.1, 0.15) is 0 Å². The van der Waals surface area contributed by atoms with E-state index in [9.17, 15) is 9.59 Å². The number of hydrogen-bond donors (Lipinski definition) is 1. The van der Waals surface area contributed by atoms with Crippen molar-refractivity contribution in [2.45, 2.75) is 6.54 Å². The van der Waals surface area contributed by atoms with Crippen molar-refractivity contribution >= 4 is 28.1 Å². The van der Waals surface area contributed by atoms with Crippen LogP contribution < -0.4 is 15.6 Å². The average molecular weight is 347 g/mol. The van der Waals surface area contributed by atoms with Crippen molar-refractivity contribution in [3.05, 3.63) is 77.2 Å². The molecule has 0 atom stereocenters. The van der Waals surface area contributed by atoms with E-state index in [1.54, 1.807) is 25.3 Å². The Labute approximate surface area is 149 Å². The van der Waals surface area contributed by atoms with Gasteiger partial charge in [0.05, 0.1) is 23.8 Å². The predicted octanol–water partition coefficient (Wildman–Crippen LogP) is 2.90. The molecule has 4 aromatic rings. The molecule has 0 aliphatic rings. The maximum Gasteiger partial charge on any atom is 0.275 e. The van der Waals surface area contributed by atoms with Gasteiger partial charge in [-0.05, 0) is 36.4 Å². The van der Waals surface area contributed by atoms with Crippen LogP contribution in [0.2, 0.25) is 0 Å². The first-order valence-corrected chi connectivity index (χ1v) is 8.20. The fraction of sp³-hybridized carbons (Fsp3) is 0.100. The summed E-state index contributed by atoms with van der Waals surface area (Å²) in [6.45, 7) is -0.0843. The Morgan fingerprint density at radius 3 is 2.46 bits per heavy atom. The SMILES string of the molecule is COc1ccccc1NC(=O)Cn1c(=O)c2cccn2c2ccccc21. The van der Waals surface area contributed by atoms with E-state index in [-0.39, 0.29) is 18.0 Å². The molecule has 0 spiro atoms. The first-order chi connectivity index (χ1) is 12.7. The molecule has 0 saturated carbocycles. The van der Waals surface area contributed by atoms with Crippen LogP contribution in [0, 0.1) is 0 Å². The predicted molar refractivity (Wildman–Crippen MR) is 101 cm³/mol. The van der Waals surface area contributed by atoms with Crippen molar-refractivity contribution in [3.8, 4) is 5.75 Å². The summed E-state index contributed by atoms with van der Waals surface area (Å²) in [6.07, 6.45) is 1.85. The van der Waals surface area contributed by atoms with Gasteiger partial charge >= 0.3 is 0 Å². The van der Waals surface area contributed by atoms with Gasteiger partial charge < -0.3 is 14.5 Å². The Morgan fingerprint density at radius 1 is 0.962 bits per heavy atom. The monoisotopic (exact) mass is 347 g/mol. The second-order valence-corrected chi connectivity index (χ2v) is 5.89. The molecule has 130 valence electrons. The van der Waals surface area contributed by atoms with Crippen molar-refractivity contribution in [3.63, 3.8) is 0 Å². The fourth-order valence-electron chi connectivity index (χ4n) is 3.15. The molecule has 6 nitrogen and oxygen atoms in total. The van der Waals surface area contributed by atoms with Crippen molar-refractivity contribution in [1.82, 2.24) is 8.97 Å². The lowest BCUT2D eigenvalue weighted by Gasteiger charge is -2.14. The summed E-state index contributed by atoms with van der Waals surface area (Å²) in [7, 11) is 1.55. The van der Waals surface area contributed by atoms with E-state index in [1.165, 1.54) is 4.57 Å². The third-order valence-corrected chi connectivity index (χ3v) is 4.33. The molecule has 2 aromatic carbocycles. The number of benzene rings is 2. The van der Waals surface area contributed by atoms with Crippen LogP contribution in [0.15, 0.2) is 71.7 Å². The number of aromatic nitrogens is 2. The third-order valence-electron chi connectivity index (χ3n) is 4.33. The van der Waals surface area contributed by atoms with Crippen LogP contribution >= 0.6 is 0 Å². The normalized spacial score (nSPS) is 11.0. The van der Waals surface area contributed by atoms with Crippen molar-refractivity contribution in [1.29, 1.82) is 0 Å². The third kappa shape index (κ3) is 2.61. The number of para-hydroxylation sites is 4. The van der Waals surface area contributed by atoms with Crippen LogP contribution in [-0.4, -0.2) is 22.0 Å². The van der Waals surface area contributed by atoms with Gasteiger partial charge in [-0.1, -0.05) is 24.3 Å². The van der Waals surface area contributed by atoms with Crippen LogP contribution in [0.3, 0.4) is 0 Å². The summed E-state index contributed by atoms with van der Waals surface area (Å²) in [5.74, 6) is 0.276. The number of nitrogens with zero attached hydrogens (tertiary/aromatic N) is 2. The van der Waals surface area contributed by atoms with E-state index in [0.29, 0.717) is 22.5 Å². The largest absolute Gasteiger partial charge is 0.495 e. The van der Waals surface area contributed by atoms with Crippen molar-refractivity contribution in [2.24, 2.45) is 0 Å². The summed E-state index contributed by atoms with van der Waals surface area (Å²) in [5, 5.41) is 2.81. The first-order valence-electron chi connectivity index (χ1n) is 8.20. The molecule has 0 saturated heterocycles. The van der Waals surface area contributed by atoms with E-state index in [1.807, 2.05) is 53.1 Å². The summed E-state index contributed by atoms with van der Waals surface area (Å²) in [4.78, 5) is 25.4. The Kier molecular flexibility index (Phi) is 3.93. The zero-order chi connectivity index (χ0) is 18.1. The second kappa shape index (κ2) is 6.40. The molecule has 0 radical (unpaired) electrons. The molecule has 0 fully saturated rings. The number of ether oxygens (including phenoxy) is 1. The number of carbonyl (C=O) groups is 1. The van der Waals surface area contributed by atoms with Crippen molar-refractivity contribution in [2.75, 3.05) is 12.4 Å². The second-order valence-electron chi connectivity index (χ2n) is 5.89. The maximum atomic E-state index is 12.9. The molecule has 2 heterocycles. The number of carbonyl (C=O) groups excluding carboxylic acids is 1. The lowest BCUT2D eigenvalue weighted by atomic mass is 10.2. The minimum absolute atomic E-state index is 0.0843. The Hall–Kier alpha value is -3.54. The number of anilines is 1. The molecule has 0 aliphatic carbocycles. The number of nitrogens with one attached hydrogen (secondary N) is 1. The summed E-state index contributed by atoms with van der Waals surface area (Å²) in [6, 6.07) is 18.3. The average Bonchev–Trinajstić information content (AvgIpc) is 3.16. The molecule has 2 aromatic heterocycles. The molecule has 0 bridgehead atoms. The maximum absolute atomic E-state index is 12.9. The van der Waals surface area contributed by atoms with Gasteiger partial charge in [0.1, 0.15) is 17.8 Å². The molecule has 26 heavy (non-hydrogen) atoms. The highest BCUT2D eigenvalue weighted by molar-refractivity contribution is 5.93. The van der Waals surface area contributed by atoms with Gasteiger partial charge in [-0.3, -0.25) is 14.2 Å². The highest BCUT2D eigenvalue weighted by Gasteiger charge is 2.14. The van der Waals surface area contributed by atoms with Gasteiger partial charge in [0, 0.05) is 6.20 Å². The number of amides is 1. The van der Waals surface area contributed by atoms with Gasteiger partial charge in [0.2, 0.25) is 5.91 Å². The molecule has 0 unspecified atom stereocenters. The van der Waals surface area contributed by atoms with Crippen LogP contribution in [-0.2, 0) is 11.3 Å². The quantitative estimate of drug-likeness (QED) is 0.617. The van der Waals surface area contributed by atoms with Gasteiger partial charge in [-0.2, -0.15) is 0 Å². The van der Waals surface area contributed by atoms with Crippen LogP contribution in [0.4, 0.5) is 5.69 Å². The molecule has 4 rings (SSSR count). The Balaban J connectivity index is 1.75. The summed E-state index contributed by atoms with van der Waals surface area (Å²) < 4.78 is 8.59. The summed E-state index contributed by atoms with van der Waals surface area (Å²) >= 11 is 0. The van der Waals surface area contributed by atoms with Crippen molar-refractivity contribution < 1.29 is 9.53 Å². The summed E-state index contributed by atoms with van der Waals surface area (Å²) in [5.41, 5.74) is 2.48. The number of hydrogen-bond acceptors (Lipinski definition) is 3. The van der Waals surface area contributed by atoms with E-state index in [4.69, 9.17) is 4.74 Å². The number of fused-ring (bicyclic) bond motifs is 3. The zero-order valence-corrected chi connectivity index (χ0v) is 14.2. The first kappa shape index (κ1) is 16.0. The molecular weight excluding hydrogens is 330 g/mol. The molecule has 0 aliphatic heterocycles. The minimum atomic E-state index is -0.294. The van der Waals surface area contributed by atoms with Gasteiger partial charge in [-0.15, -0.1) is 0 Å². The topological polar surface area (TPSA) is 64.7 Å². The molecule has 6 heteroatoms. The lowest BCUT2D eigenvalue weighted by molar-refractivity contribution is -0.116. The van der Waals surface area contributed by atoms with E-state index < -0.39 is 0 Å². The van der Waals surface area contributed by atoms with Gasteiger partial charge in [0.25, 0.3) is 5.56 Å². The number of rotatable bonds is 4. The van der Waals surface area contributed by atoms with Crippen LogP contribution in [0.5, 0.6) is 5.75 Å². The minimum Gasteiger partial charge on any atom is -0.495 e. The van der Waals surface area contributed by atoms with E-state index in [0.717, 1.165) is 5.52 Å². The smallest absolute Gasteiger partial charge is 0.275 e. The van der Waals surface area contributed by atoms with Gasteiger partial charge in [-0.25, -0.2) is 0 Å². The van der Waals surface area contributed by atoms with E-state index in [2.05, 4.69) is 5.32 Å². The van der Waals surface area contributed by atoms with E-state index >= 15 is 0 Å². The van der Waals surface area contributed by atoms with Crippen LogP contribution in [0.25, 0.3) is 16.6 Å². The molecular formula is C20H17N3O3. The Morgan fingerprint density at radius 2 is 1.65 bits per heavy atom. The highest BCUT2D eigenvalue weighted by Crippen LogP contribution is 2.23. The standard InChI is InChI=1S/C20H17N3O3/c1-26-18-11-5-2-7-14(18)21-19(24)13-23-16-9-4-3-8-15(16)22-12-6-10-17(22)20(23)25/h2-12H,13H2,1H3,(H,21,24). The highest BCUT2D eigenvalue weighted by atomic mass is 16.5. The molecule has 1 amide bonds. The van der Waals surface area contributed by atoms with Gasteiger partial charge in [0.15, 0.2) is 0 Å². The molecule has 1 N–H and O–H groups in total. The lowest BCUT2D eigenvalue weighted by Crippen LogP contribution is -2.29. The Bertz CT molecular complexity index is 1170.